The van der Waals surface area contributed by atoms with Crippen LogP contribution in [0.4, 0.5) is 5.13 Å². The average molecular weight is 295 g/mol. The number of halogens is 3. The molecule has 0 aliphatic carbocycles. The predicted octanol–water partition coefficient (Wildman–Crippen LogP) is 4.06. The summed E-state index contributed by atoms with van der Waals surface area (Å²) in [5.74, 6) is 5.25. The molecule has 0 amide bonds. The highest BCUT2D eigenvalue weighted by molar-refractivity contribution is 7.14. The summed E-state index contributed by atoms with van der Waals surface area (Å²) < 4.78 is 0. The third kappa shape index (κ3) is 2.12. The zero-order valence-electron chi connectivity index (χ0n) is 7.80. The number of benzene rings is 1. The Bertz CT molecular complexity index is 527. The molecule has 3 N–H and O–H groups in total. The molecule has 0 spiro atoms. The van der Waals surface area contributed by atoms with Gasteiger partial charge in [-0.25, -0.2) is 10.8 Å². The molecule has 0 bridgehead atoms. The van der Waals surface area contributed by atoms with Gasteiger partial charge in [0.25, 0.3) is 0 Å². The van der Waals surface area contributed by atoms with Crippen molar-refractivity contribution in [2.45, 2.75) is 0 Å². The van der Waals surface area contributed by atoms with Crippen molar-refractivity contribution in [3.8, 4) is 11.3 Å². The minimum Gasteiger partial charge on any atom is -0.300 e. The Balaban J connectivity index is 2.52. The summed E-state index contributed by atoms with van der Waals surface area (Å²) in [6.45, 7) is 0. The standard InChI is InChI=1S/C9H6Cl3N3S/c10-5-2-1-4(7(11)8(5)12)6-3-16-9(14-6)15-13/h1-3H,13H2,(H,14,15). The van der Waals surface area contributed by atoms with Gasteiger partial charge in [-0.1, -0.05) is 34.8 Å². The van der Waals surface area contributed by atoms with Crippen LogP contribution in [-0.2, 0) is 0 Å². The number of aromatic nitrogens is 1. The highest BCUT2D eigenvalue weighted by Gasteiger charge is 2.12. The Kier molecular flexibility index (Phi) is 3.56. The maximum atomic E-state index is 6.08. The molecule has 0 atom stereocenters. The Hall–Kier alpha value is -0.520. The van der Waals surface area contributed by atoms with E-state index in [1.807, 2.05) is 5.38 Å². The molecule has 1 heterocycles. The van der Waals surface area contributed by atoms with E-state index in [0.29, 0.717) is 25.9 Å². The quantitative estimate of drug-likeness (QED) is 0.499. The maximum absolute atomic E-state index is 6.08. The van der Waals surface area contributed by atoms with E-state index >= 15 is 0 Å². The topological polar surface area (TPSA) is 50.9 Å². The molecule has 3 nitrogen and oxygen atoms in total. The molecule has 0 saturated carbocycles. The van der Waals surface area contributed by atoms with E-state index < -0.39 is 0 Å². The first-order chi connectivity index (χ1) is 7.63. The van der Waals surface area contributed by atoms with Crippen LogP contribution in [0.5, 0.6) is 0 Å². The van der Waals surface area contributed by atoms with Crippen molar-refractivity contribution < 1.29 is 0 Å². The molecule has 0 fully saturated rings. The van der Waals surface area contributed by atoms with E-state index in [9.17, 15) is 0 Å². The highest BCUT2D eigenvalue weighted by atomic mass is 35.5. The third-order valence-electron chi connectivity index (χ3n) is 1.94. The van der Waals surface area contributed by atoms with Gasteiger partial charge in [-0.3, -0.25) is 5.43 Å². The largest absolute Gasteiger partial charge is 0.300 e. The van der Waals surface area contributed by atoms with Crippen molar-refractivity contribution in [1.29, 1.82) is 0 Å². The van der Waals surface area contributed by atoms with Gasteiger partial charge in [-0.15, -0.1) is 11.3 Å². The molecule has 84 valence electrons. The van der Waals surface area contributed by atoms with Crippen LogP contribution in [0.25, 0.3) is 11.3 Å². The fourth-order valence-corrected chi connectivity index (χ4v) is 2.44. The van der Waals surface area contributed by atoms with Crippen molar-refractivity contribution >= 4 is 51.3 Å². The second-order valence-electron chi connectivity index (χ2n) is 2.91. The van der Waals surface area contributed by atoms with Crippen LogP contribution in [0.2, 0.25) is 15.1 Å². The Morgan fingerprint density at radius 2 is 1.94 bits per heavy atom. The van der Waals surface area contributed by atoms with Gasteiger partial charge < -0.3 is 0 Å². The molecule has 7 heteroatoms. The zero-order chi connectivity index (χ0) is 11.7. The van der Waals surface area contributed by atoms with E-state index in [2.05, 4.69) is 10.4 Å². The van der Waals surface area contributed by atoms with E-state index in [4.69, 9.17) is 40.6 Å². The molecule has 1 aromatic carbocycles. The van der Waals surface area contributed by atoms with Gasteiger partial charge in [0.15, 0.2) is 5.13 Å². The smallest absolute Gasteiger partial charge is 0.197 e. The number of hydrazine groups is 1. The van der Waals surface area contributed by atoms with Crippen LogP contribution < -0.4 is 11.3 Å². The SMILES string of the molecule is NNc1nc(-c2ccc(Cl)c(Cl)c2Cl)cs1. The lowest BCUT2D eigenvalue weighted by molar-refractivity contribution is 1.29. The molecule has 0 aliphatic rings. The third-order valence-corrected chi connectivity index (χ3v) is 4.01. The molecule has 2 rings (SSSR count). The van der Waals surface area contributed by atoms with Gasteiger partial charge in [-0.05, 0) is 12.1 Å². The van der Waals surface area contributed by atoms with Crippen LogP contribution in [0.1, 0.15) is 0 Å². The van der Waals surface area contributed by atoms with Crippen molar-refractivity contribution in [3.63, 3.8) is 0 Å². The number of hydrogen-bond acceptors (Lipinski definition) is 4. The molecule has 0 unspecified atom stereocenters. The first kappa shape index (κ1) is 12.0. The monoisotopic (exact) mass is 293 g/mol. The number of rotatable bonds is 2. The predicted molar refractivity (Wildman–Crippen MR) is 70.4 cm³/mol. The van der Waals surface area contributed by atoms with Gasteiger partial charge in [0.2, 0.25) is 0 Å². The van der Waals surface area contributed by atoms with Crippen LogP contribution >= 0.6 is 46.1 Å². The second-order valence-corrected chi connectivity index (χ2v) is 4.93. The van der Waals surface area contributed by atoms with E-state index in [1.165, 1.54) is 11.3 Å². The summed E-state index contributed by atoms with van der Waals surface area (Å²) in [6, 6.07) is 3.45. The zero-order valence-corrected chi connectivity index (χ0v) is 10.9. The van der Waals surface area contributed by atoms with Gasteiger partial charge in [-0.2, -0.15) is 0 Å². The molecule has 0 radical (unpaired) electrons. The van der Waals surface area contributed by atoms with Gasteiger partial charge in [0, 0.05) is 10.9 Å². The summed E-state index contributed by atoms with van der Waals surface area (Å²) in [4.78, 5) is 4.23. The van der Waals surface area contributed by atoms with Crippen LogP contribution in [0.3, 0.4) is 0 Å². The lowest BCUT2D eigenvalue weighted by Gasteiger charge is -2.04. The average Bonchev–Trinajstić information content (AvgIpc) is 2.74. The summed E-state index contributed by atoms with van der Waals surface area (Å²) in [5.41, 5.74) is 3.91. The highest BCUT2D eigenvalue weighted by Crippen LogP contribution is 2.38. The Morgan fingerprint density at radius 3 is 2.56 bits per heavy atom. The fourth-order valence-electron chi connectivity index (χ4n) is 1.19. The number of nitrogens with two attached hydrogens (primary N) is 1. The number of nitrogens with zero attached hydrogens (tertiary/aromatic N) is 1. The number of hydrogen-bond donors (Lipinski definition) is 2. The molecule has 2 aromatic rings. The Morgan fingerprint density at radius 1 is 1.19 bits per heavy atom. The fraction of sp³-hybridized carbons (Fsp3) is 0. The number of anilines is 1. The maximum Gasteiger partial charge on any atom is 0.197 e. The summed E-state index contributed by atoms with van der Waals surface area (Å²) in [6.07, 6.45) is 0. The summed E-state index contributed by atoms with van der Waals surface area (Å²) in [7, 11) is 0. The number of nitrogens with one attached hydrogen (secondary N) is 1. The lowest BCUT2D eigenvalue weighted by Crippen LogP contribution is -2.05. The van der Waals surface area contributed by atoms with Crippen molar-refractivity contribution in [3.05, 3.63) is 32.6 Å². The van der Waals surface area contributed by atoms with Gasteiger partial charge in [0.1, 0.15) is 0 Å². The van der Waals surface area contributed by atoms with Gasteiger partial charge in [0.05, 0.1) is 20.8 Å². The molecule has 1 aromatic heterocycles. The van der Waals surface area contributed by atoms with Crippen molar-refractivity contribution in [2.24, 2.45) is 5.84 Å². The molecular weight excluding hydrogens is 289 g/mol. The van der Waals surface area contributed by atoms with Crippen LogP contribution in [0.15, 0.2) is 17.5 Å². The minimum atomic E-state index is 0.330. The second kappa shape index (κ2) is 4.77. The lowest BCUT2D eigenvalue weighted by atomic mass is 10.2. The minimum absolute atomic E-state index is 0.330. The van der Waals surface area contributed by atoms with E-state index in [-0.39, 0.29) is 0 Å². The number of nitrogen functional groups attached to an aromatic ring is 1. The van der Waals surface area contributed by atoms with Crippen molar-refractivity contribution in [2.75, 3.05) is 5.43 Å². The van der Waals surface area contributed by atoms with E-state index in [0.717, 1.165) is 5.56 Å². The summed E-state index contributed by atoms with van der Waals surface area (Å²) >= 11 is 19.2. The Labute approximate surface area is 111 Å². The summed E-state index contributed by atoms with van der Waals surface area (Å²) in [5, 5.41) is 3.58. The molecule has 16 heavy (non-hydrogen) atoms. The molecular formula is C9H6Cl3N3S. The molecule has 0 aliphatic heterocycles. The molecule has 0 saturated heterocycles. The van der Waals surface area contributed by atoms with Gasteiger partial charge >= 0.3 is 0 Å². The van der Waals surface area contributed by atoms with E-state index in [1.54, 1.807) is 12.1 Å². The first-order valence-electron chi connectivity index (χ1n) is 4.19. The normalized spacial score (nSPS) is 10.5. The van der Waals surface area contributed by atoms with Crippen molar-refractivity contribution in [1.82, 2.24) is 4.98 Å². The first-order valence-corrected chi connectivity index (χ1v) is 6.21. The van der Waals surface area contributed by atoms with Crippen LogP contribution in [0, 0.1) is 0 Å². The number of thiazole rings is 1. The van der Waals surface area contributed by atoms with Crippen LogP contribution in [-0.4, -0.2) is 4.98 Å².